The highest BCUT2D eigenvalue weighted by molar-refractivity contribution is 5.90. The number of piperidine rings is 1. The lowest BCUT2D eigenvalue weighted by Gasteiger charge is -2.39. The minimum atomic E-state index is -0.554. The maximum absolute atomic E-state index is 14.8. The van der Waals surface area contributed by atoms with Crippen LogP contribution in [0.4, 0.5) is 21.7 Å². The summed E-state index contributed by atoms with van der Waals surface area (Å²) in [6.45, 7) is 8.01. The molecule has 2 aromatic heterocycles. The van der Waals surface area contributed by atoms with Crippen molar-refractivity contribution >= 4 is 23.3 Å². The van der Waals surface area contributed by atoms with Crippen LogP contribution >= 0.6 is 0 Å². The number of hydrogen-bond acceptors (Lipinski definition) is 9. The molecule has 1 aromatic carbocycles. The number of fused-ring (bicyclic) bond motifs is 2. The van der Waals surface area contributed by atoms with E-state index in [9.17, 15) is 9.18 Å². The van der Waals surface area contributed by atoms with E-state index in [1.54, 1.807) is 6.92 Å². The Hall–Kier alpha value is -3.56. The van der Waals surface area contributed by atoms with Gasteiger partial charge in [-0.1, -0.05) is 19.0 Å². The molecule has 0 amide bonds. The Morgan fingerprint density at radius 3 is 2.64 bits per heavy atom. The van der Waals surface area contributed by atoms with Gasteiger partial charge in [-0.15, -0.1) is 0 Å². The molecule has 5 rings (SSSR count). The minimum absolute atomic E-state index is 0.168. The quantitative estimate of drug-likeness (QED) is 0.440. The molecule has 2 aliphatic heterocycles. The van der Waals surface area contributed by atoms with Gasteiger partial charge in [-0.3, -0.25) is 0 Å². The molecule has 2 aliphatic rings. The van der Waals surface area contributed by atoms with Crippen LogP contribution in [0.1, 0.15) is 85.9 Å². The SMILES string of the molecule is CCOC(=O)c1ccc(Nc2ncnc(N3C4CCC3CC(c3nc(C(C)C)no3)C4)c2C)c(F)c1. The van der Waals surface area contributed by atoms with E-state index < -0.39 is 11.8 Å². The van der Waals surface area contributed by atoms with E-state index in [-0.39, 0.29) is 29.7 Å². The van der Waals surface area contributed by atoms with Crippen molar-refractivity contribution in [2.75, 3.05) is 16.8 Å². The summed E-state index contributed by atoms with van der Waals surface area (Å²) in [5, 5.41) is 7.23. The number of ether oxygens (including phenoxy) is 1. The van der Waals surface area contributed by atoms with Gasteiger partial charge in [0.25, 0.3) is 0 Å². The predicted octanol–water partition coefficient (Wildman–Crippen LogP) is 5.27. The standard InChI is InChI=1S/C26H31FN6O3/c1-5-35-26(34)16-6-9-21(20(27)12-16)30-23-15(4)24(29-13-28-23)33-18-7-8-19(33)11-17(10-18)25-31-22(14(2)3)32-36-25/h6,9,12-14,17-19H,5,7-8,10-11H2,1-4H3,(H,28,29,30). The van der Waals surface area contributed by atoms with E-state index in [0.29, 0.717) is 17.9 Å². The lowest BCUT2D eigenvalue weighted by atomic mass is 9.90. The molecule has 36 heavy (non-hydrogen) atoms. The zero-order chi connectivity index (χ0) is 25.4. The third-order valence-corrected chi connectivity index (χ3v) is 7.09. The van der Waals surface area contributed by atoms with Crippen molar-refractivity contribution in [3.63, 3.8) is 0 Å². The molecule has 1 N–H and O–H groups in total. The summed E-state index contributed by atoms with van der Waals surface area (Å²) in [6, 6.07) is 4.85. The van der Waals surface area contributed by atoms with E-state index in [4.69, 9.17) is 9.26 Å². The van der Waals surface area contributed by atoms with Crippen LogP contribution in [-0.2, 0) is 4.74 Å². The van der Waals surface area contributed by atoms with Crippen LogP contribution in [0, 0.1) is 12.7 Å². The third-order valence-electron chi connectivity index (χ3n) is 7.09. The smallest absolute Gasteiger partial charge is 0.338 e. The van der Waals surface area contributed by atoms with E-state index in [0.717, 1.165) is 48.8 Å². The summed E-state index contributed by atoms with van der Waals surface area (Å²) in [4.78, 5) is 27.9. The molecule has 2 bridgehead atoms. The van der Waals surface area contributed by atoms with Crippen molar-refractivity contribution in [3.05, 3.63) is 53.2 Å². The van der Waals surface area contributed by atoms with Crippen molar-refractivity contribution in [2.24, 2.45) is 0 Å². The Labute approximate surface area is 209 Å². The summed E-state index contributed by atoms with van der Waals surface area (Å²) in [5.41, 5.74) is 1.25. The highest BCUT2D eigenvalue weighted by Gasteiger charge is 2.44. The van der Waals surface area contributed by atoms with Gasteiger partial charge in [0.2, 0.25) is 5.89 Å². The maximum atomic E-state index is 14.8. The van der Waals surface area contributed by atoms with Crippen LogP contribution in [0.2, 0.25) is 0 Å². The van der Waals surface area contributed by atoms with Crippen LogP contribution in [0.15, 0.2) is 29.0 Å². The zero-order valence-electron chi connectivity index (χ0n) is 21.0. The van der Waals surface area contributed by atoms with Gasteiger partial charge in [0.1, 0.15) is 23.8 Å². The number of carbonyl (C=O) groups is 1. The first-order chi connectivity index (χ1) is 17.4. The molecular weight excluding hydrogens is 463 g/mol. The fraction of sp³-hybridized carbons (Fsp3) is 0.500. The number of hydrogen-bond donors (Lipinski definition) is 1. The first-order valence-electron chi connectivity index (χ1n) is 12.5. The van der Waals surface area contributed by atoms with Crippen molar-refractivity contribution in [1.82, 2.24) is 20.1 Å². The largest absolute Gasteiger partial charge is 0.462 e. The third kappa shape index (κ3) is 4.52. The first-order valence-corrected chi connectivity index (χ1v) is 12.5. The molecule has 2 fully saturated rings. The summed E-state index contributed by atoms with van der Waals surface area (Å²) in [5.74, 6) is 2.25. The summed E-state index contributed by atoms with van der Waals surface area (Å²) < 4.78 is 25.3. The van der Waals surface area contributed by atoms with Crippen molar-refractivity contribution in [3.8, 4) is 0 Å². The fourth-order valence-electron chi connectivity index (χ4n) is 5.28. The molecular formula is C26H31FN6O3. The Kier molecular flexibility index (Phi) is 6.59. The molecule has 4 heterocycles. The number of benzene rings is 1. The molecule has 0 aliphatic carbocycles. The normalized spacial score (nSPS) is 21.2. The van der Waals surface area contributed by atoms with E-state index >= 15 is 0 Å². The molecule has 0 radical (unpaired) electrons. The van der Waals surface area contributed by atoms with Gasteiger partial charge in [-0.05, 0) is 57.7 Å². The number of carbonyl (C=O) groups excluding carboxylic acids is 1. The lowest BCUT2D eigenvalue weighted by Crippen LogP contribution is -2.43. The number of nitrogens with zero attached hydrogens (tertiary/aromatic N) is 5. The highest BCUT2D eigenvalue weighted by atomic mass is 19.1. The average Bonchev–Trinajstić information content (AvgIpc) is 3.45. The summed E-state index contributed by atoms with van der Waals surface area (Å²) >= 11 is 0. The van der Waals surface area contributed by atoms with Crippen molar-refractivity contribution < 1.29 is 18.4 Å². The second-order valence-corrected chi connectivity index (χ2v) is 9.82. The number of anilines is 3. The molecule has 10 heteroatoms. The number of esters is 1. The average molecular weight is 495 g/mol. The van der Waals surface area contributed by atoms with Crippen LogP contribution in [0.5, 0.6) is 0 Å². The maximum Gasteiger partial charge on any atom is 0.338 e. The molecule has 0 spiro atoms. The fourth-order valence-corrected chi connectivity index (χ4v) is 5.28. The van der Waals surface area contributed by atoms with Gasteiger partial charge in [0.15, 0.2) is 5.82 Å². The van der Waals surface area contributed by atoms with Gasteiger partial charge in [0, 0.05) is 29.5 Å². The first kappa shape index (κ1) is 24.1. The van der Waals surface area contributed by atoms with Gasteiger partial charge >= 0.3 is 5.97 Å². The van der Waals surface area contributed by atoms with Gasteiger partial charge < -0.3 is 19.5 Å². The van der Waals surface area contributed by atoms with Gasteiger partial charge in [-0.25, -0.2) is 19.2 Å². The monoisotopic (exact) mass is 494 g/mol. The zero-order valence-corrected chi connectivity index (χ0v) is 21.0. The van der Waals surface area contributed by atoms with Crippen LogP contribution in [0.25, 0.3) is 0 Å². The molecule has 0 saturated carbocycles. The molecule has 2 saturated heterocycles. The molecule has 2 unspecified atom stereocenters. The highest BCUT2D eigenvalue weighted by Crippen LogP contribution is 2.45. The summed E-state index contributed by atoms with van der Waals surface area (Å²) in [6.07, 6.45) is 5.50. The molecule has 2 atom stereocenters. The number of aromatic nitrogens is 4. The predicted molar refractivity (Wildman–Crippen MR) is 132 cm³/mol. The van der Waals surface area contributed by atoms with E-state index in [1.807, 2.05) is 6.92 Å². The topological polar surface area (TPSA) is 106 Å². The van der Waals surface area contributed by atoms with Gasteiger partial charge in [-0.2, -0.15) is 4.98 Å². The molecule has 190 valence electrons. The summed E-state index contributed by atoms with van der Waals surface area (Å²) in [7, 11) is 0. The molecule has 9 nitrogen and oxygen atoms in total. The second-order valence-electron chi connectivity index (χ2n) is 9.82. The van der Waals surface area contributed by atoms with Crippen molar-refractivity contribution in [2.45, 2.75) is 77.3 Å². The number of rotatable bonds is 7. The van der Waals surface area contributed by atoms with E-state index in [1.165, 1.54) is 24.5 Å². The van der Waals surface area contributed by atoms with E-state index in [2.05, 4.69) is 44.2 Å². The van der Waals surface area contributed by atoms with Gasteiger partial charge in [0.05, 0.1) is 17.9 Å². The molecule has 3 aromatic rings. The second kappa shape index (κ2) is 9.83. The Morgan fingerprint density at radius 2 is 2.00 bits per heavy atom. The van der Waals surface area contributed by atoms with Crippen LogP contribution < -0.4 is 10.2 Å². The minimum Gasteiger partial charge on any atom is -0.462 e. The number of nitrogens with one attached hydrogen (secondary N) is 1. The number of halogens is 1. The Bertz CT molecular complexity index is 1250. The Balaban J connectivity index is 1.34. The Morgan fingerprint density at radius 1 is 1.25 bits per heavy atom. The van der Waals surface area contributed by atoms with Crippen LogP contribution in [0.3, 0.4) is 0 Å². The van der Waals surface area contributed by atoms with Crippen molar-refractivity contribution in [1.29, 1.82) is 0 Å². The van der Waals surface area contributed by atoms with Crippen LogP contribution in [-0.4, -0.2) is 44.8 Å². The lowest BCUT2D eigenvalue weighted by molar-refractivity contribution is 0.0526.